The third-order valence-electron chi connectivity index (χ3n) is 5.03. The predicted molar refractivity (Wildman–Crippen MR) is 119 cm³/mol. The SMILES string of the molecule is CCNC(=NCC(=O)Nc1ccc(F)cc1)NC1CCN(Cc2ccccc2)CC1. The Morgan fingerprint density at radius 3 is 2.47 bits per heavy atom. The van der Waals surface area contributed by atoms with Crippen LogP contribution in [0.15, 0.2) is 59.6 Å². The molecule has 30 heavy (non-hydrogen) atoms. The molecule has 2 aromatic rings. The first-order chi connectivity index (χ1) is 14.6. The minimum absolute atomic E-state index is 0.000435. The predicted octanol–water partition coefficient (Wildman–Crippen LogP) is 2.98. The van der Waals surface area contributed by atoms with Gasteiger partial charge in [-0.3, -0.25) is 9.69 Å². The topological polar surface area (TPSA) is 68.8 Å². The van der Waals surface area contributed by atoms with Gasteiger partial charge in [-0.15, -0.1) is 0 Å². The van der Waals surface area contributed by atoms with E-state index in [2.05, 4.69) is 50.1 Å². The van der Waals surface area contributed by atoms with E-state index in [1.807, 2.05) is 13.0 Å². The van der Waals surface area contributed by atoms with Gasteiger partial charge in [0.15, 0.2) is 5.96 Å². The van der Waals surface area contributed by atoms with Crippen molar-refractivity contribution in [1.29, 1.82) is 0 Å². The highest BCUT2D eigenvalue weighted by molar-refractivity contribution is 5.94. The number of amides is 1. The number of hydrogen-bond acceptors (Lipinski definition) is 3. The molecule has 1 heterocycles. The number of benzene rings is 2. The van der Waals surface area contributed by atoms with Gasteiger partial charge in [-0.1, -0.05) is 30.3 Å². The van der Waals surface area contributed by atoms with Gasteiger partial charge >= 0.3 is 0 Å². The van der Waals surface area contributed by atoms with E-state index in [1.165, 1.54) is 29.8 Å². The van der Waals surface area contributed by atoms with E-state index >= 15 is 0 Å². The summed E-state index contributed by atoms with van der Waals surface area (Å²) in [7, 11) is 0. The smallest absolute Gasteiger partial charge is 0.246 e. The second kappa shape index (κ2) is 11.3. The highest BCUT2D eigenvalue weighted by Gasteiger charge is 2.20. The molecule has 1 aliphatic heterocycles. The van der Waals surface area contributed by atoms with Gasteiger partial charge in [0.05, 0.1) is 0 Å². The Morgan fingerprint density at radius 2 is 1.80 bits per heavy atom. The average molecular weight is 412 g/mol. The van der Waals surface area contributed by atoms with E-state index < -0.39 is 0 Å². The van der Waals surface area contributed by atoms with Crippen LogP contribution < -0.4 is 16.0 Å². The summed E-state index contributed by atoms with van der Waals surface area (Å²) in [6, 6.07) is 16.5. The molecule has 1 aliphatic rings. The lowest BCUT2D eigenvalue weighted by atomic mass is 10.0. The molecule has 6 nitrogen and oxygen atoms in total. The van der Waals surface area contributed by atoms with Crippen LogP contribution in [0.5, 0.6) is 0 Å². The first-order valence-corrected chi connectivity index (χ1v) is 10.5. The first kappa shape index (κ1) is 21.8. The molecule has 0 unspecified atom stereocenters. The number of halogens is 1. The van der Waals surface area contributed by atoms with Crippen molar-refractivity contribution >= 4 is 17.6 Å². The summed E-state index contributed by atoms with van der Waals surface area (Å²) in [5.41, 5.74) is 1.89. The van der Waals surface area contributed by atoms with Crippen LogP contribution in [0.4, 0.5) is 10.1 Å². The average Bonchev–Trinajstić information content (AvgIpc) is 2.76. The fourth-order valence-corrected chi connectivity index (χ4v) is 3.48. The molecule has 0 saturated carbocycles. The molecule has 0 aliphatic carbocycles. The van der Waals surface area contributed by atoms with Gasteiger partial charge in [0.25, 0.3) is 0 Å². The Bertz CT molecular complexity index is 817. The van der Waals surface area contributed by atoms with Crippen LogP contribution in [0.2, 0.25) is 0 Å². The lowest BCUT2D eigenvalue weighted by Gasteiger charge is -2.33. The zero-order valence-electron chi connectivity index (χ0n) is 17.4. The van der Waals surface area contributed by atoms with Crippen LogP contribution in [0.3, 0.4) is 0 Å². The van der Waals surface area contributed by atoms with Crippen LogP contribution in [0.1, 0.15) is 25.3 Å². The van der Waals surface area contributed by atoms with Gasteiger partial charge in [0.2, 0.25) is 5.91 Å². The molecule has 0 spiro atoms. The fourth-order valence-electron chi connectivity index (χ4n) is 3.48. The van der Waals surface area contributed by atoms with Gasteiger partial charge in [-0.05, 0) is 49.6 Å². The number of anilines is 1. The Balaban J connectivity index is 1.45. The zero-order chi connectivity index (χ0) is 21.2. The monoisotopic (exact) mass is 411 g/mol. The van der Waals surface area contributed by atoms with E-state index in [-0.39, 0.29) is 18.3 Å². The molecule has 0 aromatic heterocycles. The van der Waals surface area contributed by atoms with Crippen LogP contribution in [-0.2, 0) is 11.3 Å². The zero-order valence-corrected chi connectivity index (χ0v) is 17.4. The number of carbonyl (C=O) groups excluding carboxylic acids is 1. The highest BCUT2D eigenvalue weighted by atomic mass is 19.1. The molecule has 2 aromatic carbocycles. The standard InChI is InChI=1S/C23H30FN5O/c1-2-25-23(26-16-22(30)27-20-10-8-19(24)9-11-20)28-21-12-14-29(15-13-21)17-18-6-4-3-5-7-18/h3-11,21H,2,12-17H2,1H3,(H,27,30)(H2,25,26,28). The largest absolute Gasteiger partial charge is 0.357 e. The number of likely N-dealkylation sites (tertiary alicyclic amines) is 1. The number of carbonyl (C=O) groups is 1. The molecule has 1 fully saturated rings. The van der Waals surface area contributed by atoms with Crippen LogP contribution >= 0.6 is 0 Å². The van der Waals surface area contributed by atoms with Crippen LogP contribution in [0.25, 0.3) is 0 Å². The summed E-state index contributed by atoms with van der Waals surface area (Å²) in [4.78, 5) is 19.0. The Morgan fingerprint density at radius 1 is 1.10 bits per heavy atom. The summed E-state index contributed by atoms with van der Waals surface area (Å²) in [6.07, 6.45) is 2.05. The minimum Gasteiger partial charge on any atom is -0.357 e. The van der Waals surface area contributed by atoms with Crippen molar-refractivity contribution < 1.29 is 9.18 Å². The fraction of sp³-hybridized carbons (Fsp3) is 0.391. The maximum atomic E-state index is 13.0. The number of guanidine groups is 1. The summed E-state index contributed by atoms with van der Waals surface area (Å²) >= 11 is 0. The molecule has 1 saturated heterocycles. The molecule has 160 valence electrons. The number of nitrogens with zero attached hydrogens (tertiary/aromatic N) is 2. The second-order valence-corrected chi connectivity index (χ2v) is 7.43. The summed E-state index contributed by atoms with van der Waals surface area (Å²) < 4.78 is 13.0. The Labute approximate surface area is 177 Å². The molecule has 3 N–H and O–H groups in total. The summed E-state index contributed by atoms with van der Waals surface area (Å²) in [6.45, 7) is 5.75. The number of rotatable bonds is 7. The van der Waals surface area contributed by atoms with Crippen molar-refractivity contribution in [2.75, 3.05) is 31.5 Å². The van der Waals surface area contributed by atoms with E-state index in [9.17, 15) is 9.18 Å². The summed E-state index contributed by atoms with van der Waals surface area (Å²) in [5.74, 6) is 0.0734. The number of nitrogens with one attached hydrogen (secondary N) is 3. The van der Waals surface area contributed by atoms with Gasteiger partial charge in [-0.2, -0.15) is 0 Å². The number of piperidine rings is 1. The third-order valence-corrected chi connectivity index (χ3v) is 5.03. The maximum absolute atomic E-state index is 13.0. The first-order valence-electron chi connectivity index (χ1n) is 10.5. The lowest BCUT2D eigenvalue weighted by molar-refractivity contribution is -0.114. The molecule has 0 bridgehead atoms. The molecule has 1 amide bonds. The van der Waals surface area contributed by atoms with Crippen LogP contribution in [0, 0.1) is 5.82 Å². The van der Waals surface area contributed by atoms with Crippen molar-refractivity contribution in [2.45, 2.75) is 32.4 Å². The van der Waals surface area contributed by atoms with Crippen molar-refractivity contribution in [1.82, 2.24) is 15.5 Å². The molecule has 7 heteroatoms. The lowest BCUT2D eigenvalue weighted by Crippen LogP contribution is -2.48. The van der Waals surface area contributed by atoms with Crippen molar-refractivity contribution in [2.24, 2.45) is 4.99 Å². The Hall–Kier alpha value is -2.93. The molecular weight excluding hydrogens is 381 g/mol. The molecule has 0 atom stereocenters. The van der Waals surface area contributed by atoms with Crippen molar-refractivity contribution in [3.8, 4) is 0 Å². The van der Waals surface area contributed by atoms with Crippen molar-refractivity contribution in [3.63, 3.8) is 0 Å². The number of aliphatic imine (C=N–C) groups is 1. The normalized spacial score (nSPS) is 15.6. The van der Waals surface area contributed by atoms with Gasteiger partial charge in [-0.25, -0.2) is 9.38 Å². The van der Waals surface area contributed by atoms with E-state index in [4.69, 9.17) is 0 Å². The van der Waals surface area contributed by atoms with E-state index in [0.717, 1.165) is 39.0 Å². The minimum atomic E-state index is -0.334. The molecule has 0 radical (unpaired) electrons. The second-order valence-electron chi connectivity index (χ2n) is 7.43. The maximum Gasteiger partial charge on any atom is 0.246 e. The quantitative estimate of drug-likeness (QED) is 0.484. The highest BCUT2D eigenvalue weighted by Crippen LogP contribution is 2.14. The van der Waals surface area contributed by atoms with E-state index in [1.54, 1.807) is 0 Å². The molecular formula is C23H30FN5O. The van der Waals surface area contributed by atoms with Gasteiger partial charge in [0, 0.05) is 37.9 Å². The van der Waals surface area contributed by atoms with Gasteiger partial charge in [0.1, 0.15) is 12.4 Å². The number of hydrogen-bond donors (Lipinski definition) is 3. The summed E-state index contributed by atoms with van der Waals surface area (Å²) in [5, 5.41) is 9.38. The third kappa shape index (κ3) is 7.15. The van der Waals surface area contributed by atoms with E-state index in [0.29, 0.717) is 17.7 Å². The van der Waals surface area contributed by atoms with Crippen LogP contribution in [-0.4, -0.2) is 49.0 Å². The van der Waals surface area contributed by atoms with Gasteiger partial charge < -0.3 is 16.0 Å². The van der Waals surface area contributed by atoms with Crippen molar-refractivity contribution in [3.05, 3.63) is 66.0 Å². The Kier molecular flexibility index (Phi) is 8.20. The molecule has 3 rings (SSSR count).